The zero-order valence-electron chi connectivity index (χ0n) is 49.3. The Bertz CT molecular complexity index is 1370. The third kappa shape index (κ3) is 61.1. The maximum atomic E-state index is 12.7. The van der Waals surface area contributed by atoms with Crippen molar-refractivity contribution in [1.82, 2.24) is 0 Å². The SMILES string of the molecule is CC/C=C\C/C=C\C/C=C\C/C=C\CCCCCCCCCCCCCCCCCCCCCCCCCCCCC(=O)OC(COC(=O)CCCCCCCCCCCCCCCCC)COP(=O)(O)OCCN. The molecule has 0 rings (SSSR count). The molecule has 0 bridgehead atoms. The van der Waals surface area contributed by atoms with Crippen molar-refractivity contribution in [3.8, 4) is 0 Å². The maximum Gasteiger partial charge on any atom is 0.472 e. The summed E-state index contributed by atoms with van der Waals surface area (Å²) in [5, 5.41) is 0. The van der Waals surface area contributed by atoms with Gasteiger partial charge >= 0.3 is 19.8 Å². The fourth-order valence-corrected chi connectivity index (χ4v) is 10.3. The van der Waals surface area contributed by atoms with Gasteiger partial charge in [-0.05, 0) is 51.4 Å². The molecule has 10 heteroatoms. The predicted molar refractivity (Wildman–Crippen MR) is 321 cm³/mol. The van der Waals surface area contributed by atoms with Gasteiger partial charge < -0.3 is 20.1 Å². The molecule has 0 spiro atoms. The van der Waals surface area contributed by atoms with Gasteiger partial charge in [0.25, 0.3) is 0 Å². The lowest BCUT2D eigenvalue weighted by Gasteiger charge is -2.19. The first-order chi connectivity index (χ1) is 36.8. The van der Waals surface area contributed by atoms with Gasteiger partial charge in [-0.1, -0.05) is 306 Å². The minimum Gasteiger partial charge on any atom is -0.462 e. The Balaban J connectivity index is 3.74. The van der Waals surface area contributed by atoms with Crippen molar-refractivity contribution in [3.63, 3.8) is 0 Å². The molecule has 0 aliphatic rings. The standard InChI is InChI=1S/C65H122NO8P/c1-3-5-7-9-11-13-15-17-19-20-21-22-23-24-25-26-27-28-29-30-31-32-33-34-35-36-37-38-39-40-41-42-44-46-48-50-52-54-56-58-65(68)74-63(62-73-75(69,70)72-60-59-66)61-71-64(67)57-55-53-51-49-47-45-43-18-16-14-12-10-8-6-4-2/h5,7,11,13,17,19,21-22,63H,3-4,6,8-10,12,14-16,18,20,23-62,66H2,1-2H3,(H,69,70)/b7-5-,13-11-,19-17-,22-21-. The quantitative estimate of drug-likeness (QED) is 0.0264. The number of carbonyl (C=O) groups is 2. The fourth-order valence-electron chi connectivity index (χ4n) is 9.51. The van der Waals surface area contributed by atoms with E-state index in [9.17, 15) is 19.0 Å². The van der Waals surface area contributed by atoms with Crippen LogP contribution >= 0.6 is 7.82 Å². The van der Waals surface area contributed by atoms with Crippen LogP contribution < -0.4 is 5.73 Å². The Morgan fingerprint density at radius 1 is 0.413 bits per heavy atom. The molecule has 0 aromatic heterocycles. The first-order valence-electron chi connectivity index (χ1n) is 32.1. The number of ether oxygens (including phenoxy) is 2. The van der Waals surface area contributed by atoms with Crippen molar-refractivity contribution in [2.45, 2.75) is 328 Å². The van der Waals surface area contributed by atoms with Crippen molar-refractivity contribution in [2.24, 2.45) is 5.73 Å². The minimum absolute atomic E-state index is 0.0564. The van der Waals surface area contributed by atoms with E-state index in [1.54, 1.807) is 0 Å². The molecule has 2 atom stereocenters. The summed E-state index contributed by atoms with van der Waals surface area (Å²) >= 11 is 0. The van der Waals surface area contributed by atoms with Crippen molar-refractivity contribution in [1.29, 1.82) is 0 Å². The van der Waals surface area contributed by atoms with E-state index < -0.39 is 26.5 Å². The third-order valence-electron chi connectivity index (χ3n) is 14.2. The van der Waals surface area contributed by atoms with Gasteiger partial charge in [0.2, 0.25) is 0 Å². The molecule has 0 aromatic rings. The molecule has 0 aliphatic heterocycles. The molecular formula is C65H122NO8P. The molecule has 0 aromatic carbocycles. The van der Waals surface area contributed by atoms with Crippen LogP contribution in [0.15, 0.2) is 48.6 Å². The largest absolute Gasteiger partial charge is 0.472 e. The zero-order chi connectivity index (χ0) is 54.5. The number of hydrogen-bond donors (Lipinski definition) is 2. The van der Waals surface area contributed by atoms with Gasteiger partial charge in [-0.25, -0.2) is 4.57 Å². The van der Waals surface area contributed by atoms with E-state index in [2.05, 4.69) is 62.5 Å². The predicted octanol–water partition coefficient (Wildman–Crippen LogP) is 20.5. The lowest BCUT2D eigenvalue weighted by molar-refractivity contribution is -0.161. The first-order valence-corrected chi connectivity index (χ1v) is 33.6. The number of rotatable bonds is 61. The van der Waals surface area contributed by atoms with E-state index in [0.717, 1.165) is 57.8 Å². The second-order valence-corrected chi connectivity index (χ2v) is 23.1. The molecule has 0 radical (unpaired) electrons. The van der Waals surface area contributed by atoms with E-state index in [-0.39, 0.29) is 38.6 Å². The number of phosphoric ester groups is 1. The van der Waals surface area contributed by atoms with E-state index in [1.165, 1.54) is 231 Å². The molecule has 2 unspecified atom stereocenters. The summed E-state index contributed by atoms with van der Waals surface area (Å²) < 4.78 is 33.1. The summed E-state index contributed by atoms with van der Waals surface area (Å²) in [6.07, 6.45) is 76.4. The van der Waals surface area contributed by atoms with Crippen molar-refractivity contribution < 1.29 is 37.6 Å². The second-order valence-electron chi connectivity index (χ2n) is 21.6. The molecule has 440 valence electrons. The number of unbranched alkanes of at least 4 members (excludes halogenated alkanes) is 40. The van der Waals surface area contributed by atoms with Crippen LogP contribution in [0, 0.1) is 0 Å². The lowest BCUT2D eigenvalue weighted by atomic mass is 10.0. The summed E-state index contributed by atoms with van der Waals surface area (Å²) in [6, 6.07) is 0. The second kappa shape index (κ2) is 61.2. The highest BCUT2D eigenvalue weighted by Gasteiger charge is 2.26. The zero-order valence-corrected chi connectivity index (χ0v) is 50.2. The molecule has 9 nitrogen and oxygen atoms in total. The highest BCUT2D eigenvalue weighted by atomic mass is 31.2. The smallest absolute Gasteiger partial charge is 0.462 e. The van der Waals surface area contributed by atoms with Gasteiger partial charge in [0.05, 0.1) is 13.2 Å². The number of hydrogen-bond acceptors (Lipinski definition) is 8. The highest BCUT2D eigenvalue weighted by molar-refractivity contribution is 7.47. The summed E-state index contributed by atoms with van der Waals surface area (Å²) in [4.78, 5) is 35.2. The van der Waals surface area contributed by atoms with Gasteiger partial charge in [-0.2, -0.15) is 0 Å². The van der Waals surface area contributed by atoms with Crippen LogP contribution in [-0.2, 0) is 32.7 Å². The average Bonchev–Trinajstić information content (AvgIpc) is 3.40. The van der Waals surface area contributed by atoms with Gasteiger partial charge in [0, 0.05) is 19.4 Å². The number of phosphoric acid groups is 1. The van der Waals surface area contributed by atoms with Crippen LogP contribution in [-0.4, -0.2) is 49.3 Å². The summed E-state index contributed by atoms with van der Waals surface area (Å²) in [5.41, 5.74) is 5.38. The Morgan fingerprint density at radius 2 is 0.733 bits per heavy atom. The molecular weight excluding hydrogens is 954 g/mol. The molecule has 75 heavy (non-hydrogen) atoms. The van der Waals surface area contributed by atoms with E-state index in [1.807, 2.05) is 0 Å². The van der Waals surface area contributed by atoms with Crippen LogP contribution in [0.25, 0.3) is 0 Å². The molecule has 0 amide bonds. The number of carbonyl (C=O) groups excluding carboxylic acids is 2. The number of esters is 2. The third-order valence-corrected chi connectivity index (χ3v) is 15.2. The molecule has 0 heterocycles. The monoisotopic (exact) mass is 1080 g/mol. The summed E-state index contributed by atoms with van der Waals surface area (Å²) in [5.74, 6) is -0.808. The normalized spacial score (nSPS) is 13.3. The maximum absolute atomic E-state index is 12.7. The molecule has 0 aliphatic carbocycles. The Morgan fingerprint density at radius 3 is 1.09 bits per heavy atom. The molecule has 0 saturated heterocycles. The van der Waals surface area contributed by atoms with Gasteiger partial charge in [-0.15, -0.1) is 0 Å². The van der Waals surface area contributed by atoms with Gasteiger partial charge in [0.15, 0.2) is 6.10 Å². The topological polar surface area (TPSA) is 134 Å². The summed E-state index contributed by atoms with van der Waals surface area (Å²) in [7, 11) is -4.38. The first kappa shape index (κ1) is 73.0. The highest BCUT2D eigenvalue weighted by Crippen LogP contribution is 2.43. The Hall–Kier alpha value is -2.03. The van der Waals surface area contributed by atoms with E-state index >= 15 is 0 Å². The van der Waals surface area contributed by atoms with Crippen LogP contribution in [0.3, 0.4) is 0 Å². The van der Waals surface area contributed by atoms with Crippen molar-refractivity contribution in [2.75, 3.05) is 26.4 Å². The van der Waals surface area contributed by atoms with Crippen LogP contribution in [0.2, 0.25) is 0 Å². The van der Waals surface area contributed by atoms with Crippen LogP contribution in [0.4, 0.5) is 0 Å². The minimum atomic E-state index is -4.38. The Kier molecular flexibility index (Phi) is 59.5. The summed E-state index contributed by atoms with van der Waals surface area (Å²) in [6.45, 7) is 3.68. The fraction of sp³-hybridized carbons (Fsp3) is 0.846. The number of nitrogens with two attached hydrogens (primary N) is 1. The number of allylic oxidation sites excluding steroid dienone is 8. The van der Waals surface area contributed by atoms with Gasteiger partial charge in [-0.3, -0.25) is 18.6 Å². The van der Waals surface area contributed by atoms with Crippen molar-refractivity contribution >= 4 is 19.8 Å². The van der Waals surface area contributed by atoms with E-state index in [0.29, 0.717) is 6.42 Å². The Labute approximate surface area is 464 Å². The van der Waals surface area contributed by atoms with Crippen LogP contribution in [0.5, 0.6) is 0 Å². The van der Waals surface area contributed by atoms with E-state index in [4.69, 9.17) is 24.3 Å². The van der Waals surface area contributed by atoms with Crippen LogP contribution in [0.1, 0.15) is 322 Å². The molecule has 0 saturated carbocycles. The molecule has 3 N–H and O–H groups in total. The average molecular weight is 1080 g/mol. The lowest BCUT2D eigenvalue weighted by Crippen LogP contribution is -2.29. The van der Waals surface area contributed by atoms with Crippen molar-refractivity contribution in [3.05, 3.63) is 48.6 Å². The molecule has 0 fully saturated rings. The van der Waals surface area contributed by atoms with Gasteiger partial charge in [0.1, 0.15) is 6.61 Å².